The van der Waals surface area contributed by atoms with Crippen LogP contribution in [0.1, 0.15) is 64.7 Å². The highest BCUT2D eigenvalue weighted by molar-refractivity contribution is 8.01. The first-order valence-corrected chi connectivity index (χ1v) is 12.9. The van der Waals surface area contributed by atoms with E-state index in [9.17, 15) is 9.59 Å². The van der Waals surface area contributed by atoms with Crippen LogP contribution in [0.3, 0.4) is 0 Å². The van der Waals surface area contributed by atoms with Crippen LogP contribution in [0.25, 0.3) is 0 Å². The maximum Gasteiger partial charge on any atom is 0.324 e. The van der Waals surface area contributed by atoms with Gasteiger partial charge in [-0.25, -0.2) is 9.78 Å². The van der Waals surface area contributed by atoms with Gasteiger partial charge in [0.2, 0.25) is 0 Å². The van der Waals surface area contributed by atoms with Crippen molar-refractivity contribution in [3.63, 3.8) is 0 Å². The molecule has 2 N–H and O–H groups in total. The molecule has 2 aliphatic carbocycles. The van der Waals surface area contributed by atoms with Gasteiger partial charge in [0.05, 0.1) is 28.9 Å². The zero-order valence-electron chi connectivity index (χ0n) is 18.2. The highest BCUT2D eigenvalue weighted by Gasteiger charge is 2.34. The van der Waals surface area contributed by atoms with Crippen LogP contribution in [0.4, 0.5) is 9.93 Å². The van der Waals surface area contributed by atoms with Gasteiger partial charge in [-0.15, -0.1) is 11.8 Å². The first kappa shape index (κ1) is 24.1. The molecular weight excluding hydrogens is 434 g/mol. The van der Waals surface area contributed by atoms with Crippen LogP contribution in [0, 0.1) is 0 Å². The molecular formula is C22H33N3O4S2. The quantitative estimate of drug-likeness (QED) is 0.374. The van der Waals surface area contributed by atoms with Crippen molar-refractivity contribution < 1.29 is 19.4 Å². The fourth-order valence-corrected chi connectivity index (χ4v) is 5.99. The van der Waals surface area contributed by atoms with E-state index in [0.29, 0.717) is 11.7 Å². The van der Waals surface area contributed by atoms with Gasteiger partial charge in [-0.1, -0.05) is 42.8 Å². The van der Waals surface area contributed by atoms with Crippen molar-refractivity contribution in [2.45, 2.75) is 87.1 Å². The summed E-state index contributed by atoms with van der Waals surface area (Å²) in [4.78, 5) is 30.4. The van der Waals surface area contributed by atoms with E-state index < -0.39 is 5.97 Å². The number of nitrogens with zero attached hydrogens (tertiary/aromatic N) is 2. The highest BCUT2D eigenvalue weighted by atomic mass is 32.2. The Kier molecular flexibility index (Phi) is 9.22. The van der Waals surface area contributed by atoms with Crippen LogP contribution in [-0.4, -0.2) is 57.5 Å². The lowest BCUT2D eigenvalue weighted by atomic mass is 9.88. The summed E-state index contributed by atoms with van der Waals surface area (Å²) in [5, 5.41) is 12.4. The van der Waals surface area contributed by atoms with Crippen LogP contribution < -0.4 is 5.32 Å². The number of hydrogen-bond donors (Lipinski definition) is 2. The fourth-order valence-electron chi connectivity index (χ4n) is 4.41. The lowest BCUT2D eigenvalue weighted by molar-refractivity contribution is -0.133. The minimum atomic E-state index is -0.865. The second-order valence-corrected chi connectivity index (χ2v) is 10.8. The van der Waals surface area contributed by atoms with Crippen molar-refractivity contribution >= 4 is 40.2 Å². The molecule has 0 spiro atoms. The van der Waals surface area contributed by atoms with Crippen LogP contribution in [0.15, 0.2) is 22.6 Å². The van der Waals surface area contributed by atoms with Crippen LogP contribution >= 0.6 is 23.1 Å². The number of carboxylic acid groups (broad SMARTS) is 1. The van der Waals surface area contributed by atoms with Gasteiger partial charge in [0.1, 0.15) is 0 Å². The SMILES string of the molecule is C=C(C)COC1CCC(N(C(=O)Nc2ncc(SCC(=O)O)s2)C2CCCCC2)CC1. The molecule has 0 aliphatic heterocycles. The van der Waals surface area contributed by atoms with Gasteiger partial charge in [0, 0.05) is 12.1 Å². The Morgan fingerprint density at radius 3 is 2.55 bits per heavy atom. The number of carbonyl (C=O) groups excluding carboxylic acids is 1. The van der Waals surface area contributed by atoms with Gasteiger partial charge >= 0.3 is 12.0 Å². The highest BCUT2D eigenvalue weighted by Crippen LogP contribution is 2.33. The Morgan fingerprint density at radius 2 is 1.90 bits per heavy atom. The van der Waals surface area contributed by atoms with E-state index in [-0.39, 0.29) is 30.0 Å². The largest absolute Gasteiger partial charge is 0.481 e. The van der Waals surface area contributed by atoms with Gasteiger partial charge in [0.15, 0.2) is 5.13 Å². The van der Waals surface area contributed by atoms with Gasteiger partial charge in [0.25, 0.3) is 0 Å². The van der Waals surface area contributed by atoms with E-state index in [1.54, 1.807) is 6.20 Å². The van der Waals surface area contributed by atoms with E-state index in [1.807, 2.05) is 6.92 Å². The zero-order chi connectivity index (χ0) is 22.2. The van der Waals surface area contributed by atoms with E-state index in [2.05, 4.69) is 21.8 Å². The number of rotatable bonds is 9. The fraction of sp³-hybridized carbons (Fsp3) is 0.682. The van der Waals surface area contributed by atoms with E-state index in [0.717, 1.165) is 48.3 Å². The van der Waals surface area contributed by atoms with Gasteiger partial charge in [-0.05, 0) is 45.4 Å². The number of ether oxygens (including phenoxy) is 1. The minimum absolute atomic E-state index is 0.0134. The molecule has 0 unspecified atom stereocenters. The third-order valence-electron chi connectivity index (χ3n) is 5.84. The summed E-state index contributed by atoms with van der Waals surface area (Å²) in [6.45, 7) is 6.49. The number of hydrogen-bond acceptors (Lipinski definition) is 6. The van der Waals surface area contributed by atoms with Crippen molar-refractivity contribution in [1.29, 1.82) is 0 Å². The molecule has 1 heterocycles. The Balaban J connectivity index is 1.61. The van der Waals surface area contributed by atoms with Crippen molar-refractivity contribution in [2.75, 3.05) is 17.7 Å². The summed E-state index contributed by atoms with van der Waals surface area (Å²) in [5.41, 5.74) is 1.04. The number of carbonyl (C=O) groups is 2. The Morgan fingerprint density at radius 1 is 1.23 bits per heavy atom. The molecule has 0 saturated heterocycles. The molecule has 1 aromatic rings. The van der Waals surface area contributed by atoms with E-state index in [1.165, 1.54) is 42.4 Å². The van der Waals surface area contributed by atoms with Crippen LogP contribution in [0.5, 0.6) is 0 Å². The summed E-state index contributed by atoms with van der Waals surface area (Å²) in [7, 11) is 0. The number of thioether (sulfide) groups is 1. The number of nitrogens with one attached hydrogen (secondary N) is 1. The second kappa shape index (κ2) is 11.9. The first-order valence-electron chi connectivity index (χ1n) is 11.1. The molecule has 2 saturated carbocycles. The van der Waals surface area contributed by atoms with Crippen molar-refractivity contribution in [3.8, 4) is 0 Å². The van der Waals surface area contributed by atoms with E-state index >= 15 is 0 Å². The molecule has 2 amide bonds. The summed E-state index contributed by atoms with van der Waals surface area (Å²) < 4.78 is 6.73. The Labute approximate surface area is 192 Å². The molecule has 7 nitrogen and oxygen atoms in total. The number of aromatic nitrogens is 1. The number of carboxylic acids is 1. The molecule has 0 bridgehead atoms. The molecule has 2 fully saturated rings. The third kappa shape index (κ3) is 7.50. The van der Waals surface area contributed by atoms with Crippen molar-refractivity contribution in [2.24, 2.45) is 0 Å². The lowest BCUT2D eigenvalue weighted by Crippen LogP contribution is -2.51. The summed E-state index contributed by atoms with van der Waals surface area (Å²) in [6, 6.07) is 0.406. The van der Waals surface area contributed by atoms with Crippen molar-refractivity contribution in [3.05, 3.63) is 18.3 Å². The Bertz CT molecular complexity index is 756. The standard InChI is InChI=1S/C22H33N3O4S2/c1-15(2)13-29-18-10-8-17(9-11-18)25(16-6-4-3-5-7-16)22(28)24-21-23-12-20(31-21)30-14-19(26)27/h12,16-18H,1,3-11,13-14H2,2H3,(H,26,27)(H,23,24,28). The Hall–Kier alpha value is -1.58. The minimum Gasteiger partial charge on any atom is -0.481 e. The molecule has 9 heteroatoms. The molecule has 3 rings (SSSR count). The first-order chi connectivity index (χ1) is 14.9. The zero-order valence-corrected chi connectivity index (χ0v) is 19.8. The molecule has 0 radical (unpaired) electrons. The lowest BCUT2D eigenvalue weighted by Gasteiger charge is -2.42. The topological polar surface area (TPSA) is 91.8 Å². The smallest absolute Gasteiger partial charge is 0.324 e. The maximum atomic E-state index is 13.3. The summed E-state index contributed by atoms with van der Waals surface area (Å²) in [5.74, 6) is -0.879. The van der Waals surface area contributed by atoms with Crippen LogP contribution in [0.2, 0.25) is 0 Å². The van der Waals surface area contributed by atoms with Gasteiger partial charge < -0.3 is 14.7 Å². The molecule has 172 valence electrons. The molecule has 31 heavy (non-hydrogen) atoms. The molecule has 1 aromatic heterocycles. The number of anilines is 1. The molecule has 0 atom stereocenters. The number of amides is 2. The summed E-state index contributed by atoms with van der Waals surface area (Å²) >= 11 is 2.54. The maximum absolute atomic E-state index is 13.3. The average molecular weight is 468 g/mol. The predicted octanol–water partition coefficient (Wildman–Crippen LogP) is 5.39. The molecule has 2 aliphatic rings. The van der Waals surface area contributed by atoms with Crippen LogP contribution in [-0.2, 0) is 9.53 Å². The monoisotopic (exact) mass is 467 g/mol. The number of urea groups is 1. The van der Waals surface area contributed by atoms with Crippen molar-refractivity contribution in [1.82, 2.24) is 9.88 Å². The predicted molar refractivity (Wildman–Crippen MR) is 125 cm³/mol. The van der Waals surface area contributed by atoms with Gasteiger partial charge in [-0.2, -0.15) is 0 Å². The van der Waals surface area contributed by atoms with Gasteiger partial charge in [-0.3, -0.25) is 10.1 Å². The number of thiazole rings is 1. The second-order valence-electron chi connectivity index (χ2n) is 8.49. The summed E-state index contributed by atoms with van der Waals surface area (Å²) in [6.07, 6.45) is 11.4. The molecule has 0 aromatic carbocycles. The normalized spacial score (nSPS) is 22.1. The average Bonchev–Trinajstić information content (AvgIpc) is 3.20. The van der Waals surface area contributed by atoms with E-state index in [4.69, 9.17) is 9.84 Å². The third-order valence-corrected chi connectivity index (χ3v) is 7.93. The number of aliphatic carboxylic acids is 1.